The van der Waals surface area contributed by atoms with Gasteiger partial charge in [0.05, 0.1) is 13.2 Å². The molecule has 0 N–H and O–H groups in total. The molecule has 0 saturated carbocycles. The molecule has 0 heterocycles. The normalized spacial score (nSPS) is 9.88. The summed E-state index contributed by atoms with van der Waals surface area (Å²) in [6.07, 6.45) is 0.786. The molecule has 0 amide bonds. The minimum atomic E-state index is 0.227. The summed E-state index contributed by atoms with van der Waals surface area (Å²) in [6.45, 7) is 8.56. The lowest BCUT2D eigenvalue weighted by Gasteiger charge is -2.07. The van der Waals surface area contributed by atoms with Crippen molar-refractivity contribution in [3.63, 3.8) is 0 Å². The number of ether oxygens (including phenoxy) is 3. The Hall–Kier alpha value is -1.57. The maximum absolute atomic E-state index is 6.71. The molecular formula is C13H17NO3. The van der Waals surface area contributed by atoms with Crippen LogP contribution < -0.4 is 4.74 Å². The first-order valence-corrected chi connectivity index (χ1v) is 5.48. The Morgan fingerprint density at radius 2 is 1.94 bits per heavy atom. The van der Waals surface area contributed by atoms with E-state index in [1.165, 1.54) is 0 Å². The van der Waals surface area contributed by atoms with Crippen LogP contribution in [0.15, 0.2) is 24.3 Å². The number of methoxy groups -OCH3 is 1. The average Bonchev–Trinajstić information content (AvgIpc) is 2.37. The minimum absolute atomic E-state index is 0.227. The van der Waals surface area contributed by atoms with Gasteiger partial charge in [-0.1, -0.05) is 12.1 Å². The SMILES string of the molecule is [C-]#[N+]CCc1ccc(OCOCCOC)cc1. The van der Waals surface area contributed by atoms with Gasteiger partial charge in [0.2, 0.25) is 6.54 Å². The van der Waals surface area contributed by atoms with Crippen LogP contribution in [-0.2, 0) is 15.9 Å². The average molecular weight is 235 g/mol. The Labute approximate surface area is 102 Å². The summed E-state index contributed by atoms with van der Waals surface area (Å²) in [5, 5.41) is 0. The van der Waals surface area contributed by atoms with Crippen LogP contribution in [0.5, 0.6) is 5.75 Å². The van der Waals surface area contributed by atoms with Crippen molar-refractivity contribution in [2.45, 2.75) is 6.42 Å². The monoisotopic (exact) mass is 235 g/mol. The van der Waals surface area contributed by atoms with E-state index >= 15 is 0 Å². The summed E-state index contributed by atoms with van der Waals surface area (Å²) in [5.41, 5.74) is 1.15. The largest absolute Gasteiger partial charge is 0.468 e. The van der Waals surface area contributed by atoms with E-state index < -0.39 is 0 Å². The van der Waals surface area contributed by atoms with Gasteiger partial charge in [-0.05, 0) is 17.7 Å². The van der Waals surface area contributed by atoms with E-state index in [-0.39, 0.29) is 6.79 Å². The molecule has 0 unspecified atom stereocenters. The molecular weight excluding hydrogens is 218 g/mol. The maximum Gasteiger partial charge on any atom is 0.218 e. The van der Waals surface area contributed by atoms with Crippen molar-refractivity contribution in [2.24, 2.45) is 0 Å². The fourth-order valence-electron chi connectivity index (χ4n) is 1.25. The van der Waals surface area contributed by atoms with Crippen LogP contribution in [-0.4, -0.2) is 33.7 Å². The first-order chi connectivity index (χ1) is 8.36. The summed E-state index contributed by atoms with van der Waals surface area (Å²) in [6, 6.07) is 7.71. The fourth-order valence-corrected chi connectivity index (χ4v) is 1.25. The van der Waals surface area contributed by atoms with E-state index in [4.69, 9.17) is 20.8 Å². The molecule has 0 aliphatic rings. The fraction of sp³-hybridized carbons (Fsp3) is 0.462. The molecule has 1 aromatic rings. The molecule has 1 aromatic carbocycles. The molecule has 92 valence electrons. The third-order valence-corrected chi connectivity index (χ3v) is 2.18. The zero-order valence-corrected chi connectivity index (χ0v) is 10.0. The van der Waals surface area contributed by atoms with Gasteiger partial charge in [0.25, 0.3) is 0 Å². The van der Waals surface area contributed by atoms with Crippen molar-refractivity contribution in [1.29, 1.82) is 0 Å². The van der Waals surface area contributed by atoms with Crippen molar-refractivity contribution < 1.29 is 14.2 Å². The van der Waals surface area contributed by atoms with Crippen molar-refractivity contribution in [3.8, 4) is 5.75 Å². The van der Waals surface area contributed by atoms with Crippen LogP contribution in [0.2, 0.25) is 0 Å². The molecule has 0 fully saturated rings. The predicted molar refractivity (Wildman–Crippen MR) is 64.9 cm³/mol. The van der Waals surface area contributed by atoms with Gasteiger partial charge in [-0.2, -0.15) is 0 Å². The van der Waals surface area contributed by atoms with Gasteiger partial charge in [-0.15, -0.1) is 0 Å². The number of hydrogen-bond acceptors (Lipinski definition) is 3. The smallest absolute Gasteiger partial charge is 0.218 e. The zero-order chi connectivity index (χ0) is 12.3. The Morgan fingerprint density at radius 3 is 2.59 bits per heavy atom. The third kappa shape index (κ3) is 5.91. The second-order valence-corrected chi connectivity index (χ2v) is 3.44. The number of rotatable bonds is 8. The van der Waals surface area contributed by atoms with Gasteiger partial charge < -0.3 is 19.1 Å². The highest BCUT2D eigenvalue weighted by atomic mass is 16.7. The van der Waals surface area contributed by atoms with E-state index in [2.05, 4.69) is 4.85 Å². The predicted octanol–water partition coefficient (Wildman–Crippen LogP) is 2.15. The first kappa shape index (κ1) is 13.5. The van der Waals surface area contributed by atoms with E-state index in [1.54, 1.807) is 7.11 Å². The molecule has 0 saturated heterocycles. The summed E-state index contributed by atoms with van der Waals surface area (Å²) in [7, 11) is 1.63. The lowest BCUT2D eigenvalue weighted by atomic mass is 10.1. The van der Waals surface area contributed by atoms with Gasteiger partial charge >= 0.3 is 0 Å². The maximum atomic E-state index is 6.71. The first-order valence-electron chi connectivity index (χ1n) is 5.48. The van der Waals surface area contributed by atoms with Crippen molar-refractivity contribution in [2.75, 3.05) is 33.7 Å². The lowest BCUT2D eigenvalue weighted by molar-refractivity contribution is -0.00847. The molecule has 0 atom stereocenters. The highest BCUT2D eigenvalue weighted by Crippen LogP contribution is 2.12. The summed E-state index contributed by atoms with van der Waals surface area (Å²) in [4.78, 5) is 3.32. The molecule has 0 aliphatic heterocycles. The standard InChI is InChI=1S/C13H17NO3/c1-14-8-7-12-3-5-13(6-4-12)17-11-16-10-9-15-2/h3-6H,7-11H2,2H3. The van der Waals surface area contributed by atoms with Crippen LogP contribution >= 0.6 is 0 Å². The minimum Gasteiger partial charge on any atom is -0.468 e. The summed E-state index contributed by atoms with van der Waals surface area (Å²) < 4.78 is 15.4. The second kappa shape index (κ2) is 8.57. The van der Waals surface area contributed by atoms with Crippen LogP contribution in [0.3, 0.4) is 0 Å². The molecule has 0 aromatic heterocycles. The topological polar surface area (TPSA) is 32.0 Å². The summed E-state index contributed by atoms with van der Waals surface area (Å²) >= 11 is 0. The highest BCUT2D eigenvalue weighted by Gasteiger charge is 1.97. The van der Waals surface area contributed by atoms with Crippen LogP contribution in [0, 0.1) is 6.57 Å². The number of benzene rings is 1. The van der Waals surface area contributed by atoms with Gasteiger partial charge in [0.15, 0.2) is 6.79 Å². The Morgan fingerprint density at radius 1 is 1.18 bits per heavy atom. The van der Waals surface area contributed by atoms with E-state index in [9.17, 15) is 0 Å². The third-order valence-electron chi connectivity index (χ3n) is 2.18. The molecule has 0 radical (unpaired) electrons. The second-order valence-electron chi connectivity index (χ2n) is 3.44. The van der Waals surface area contributed by atoms with Crippen molar-refractivity contribution in [1.82, 2.24) is 0 Å². The Balaban J connectivity index is 2.23. The Bertz CT molecular complexity index is 343. The van der Waals surface area contributed by atoms with Gasteiger partial charge in [0, 0.05) is 13.5 Å². The van der Waals surface area contributed by atoms with Gasteiger partial charge in [0.1, 0.15) is 5.75 Å². The van der Waals surface area contributed by atoms with E-state index in [0.29, 0.717) is 19.8 Å². The van der Waals surface area contributed by atoms with Crippen LogP contribution in [0.1, 0.15) is 5.56 Å². The lowest BCUT2D eigenvalue weighted by Crippen LogP contribution is -2.07. The van der Waals surface area contributed by atoms with Crippen LogP contribution in [0.25, 0.3) is 4.85 Å². The molecule has 1 rings (SSSR count). The summed E-state index contributed by atoms with van der Waals surface area (Å²) in [5.74, 6) is 0.772. The van der Waals surface area contributed by atoms with Gasteiger partial charge in [-0.3, -0.25) is 0 Å². The molecule has 4 nitrogen and oxygen atoms in total. The quantitative estimate of drug-likeness (QED) is 0.393. The highest BCUT2D eigenvalue weighted by molar-refractivity contribution is 5.27. The van der Waals surface area contributed by atoms with Crippen molar-refractivity contribution >= 4 is 0 Å². The Kier molecular flexibility index (Phi) is 6.80. The zero-order valence-electron chi connectivity index (χ0n) is 10.0. The number of nitrogens with zero attached hydrogens (tertiary/aromatic N) is 1. The molecule has 4 heteroatoms. The molecule has 17 heavy (non-hydrogen) atoms. The van der Waals surface area contributed by atoms with Gasteiger partial charge in [-0.25, -0.2) is 6.57 Å². The number of hydrogen-bond donors (Lipinski definition) is 0. The molecule has 0 spiro atoms. The molecule has 0 aliphatic carbocycles. The van der Waals surface area contributed by atoms with Crippen LogP contribution in [0.4, 0.5) is 0 Å². The molecule has 0 bridgehead atoms. The van der Waals surface area contributed by atoms with Crippen molar-refractivity contribution in [3.05, 3.63) is 41.2 Å². The van der Waals surface area contributed by atoms with E-state index in [1.807, 2.05) is 24.3 Å². The van der Waals surface area contributed by atoms with E-state index in [0.717, 1.165) is 17.7 Å².